The molecule has 1 aliphatic heterocycles. The number of halogens is 1. The molecule has 1 amide bonds. The fourth-order valence-corrected chi connectivity index (χ4v) is 2.44. The van der Waals surface area contributed by atoms with Gasteiger partial charge in [0.15, 0.2) is 0 Å². The molecule has 0 radical (unpaired) electrons. The van der Waals surface area contributed by atoms with E-state index in [9.17, 15) is 4.79 Å². The van der Waals surface area contributed by atoms with E-state index in [1.54, 1.807) is 0 Å². The highest BCUT2D eigenvalue weighted by atomic mass is 35.5. The Kier molecular flexibility index (Phi) is 4.61. The number of rotatable bonds is 4. The number of hydrogen-bond acceptors (Lipinski definition) is 2. The summed E-state index contributed by atoms with van der Waals surface area (Å²) in [7, 11) is 0. The molecule has 1 aromatic rings. The van der Waals surface area contributed by atoms with Gasteiger partial charge in [-0.1, -0.05) is 30.7 Å². The predicted molar refractivity (Wildman–Crippen MR) is 73.7 cm³/mol. The standard InChI is InChI=1S/C14H19ClN2O/c1-2-12(10-5-7-11(15)8-6-10)17-13-4-3-9-16-14(13)18/h5-8,12-13,17H,2-4,9H2,1H3,(H,16,18). The molecule has 1 aromatic carbocycles. The Balaban J connectivity index is 2.04. The highest BCUT2D eigenvalue weighted by Crippen LogP contribution is 2.20. The first-order valence-corrected chi connectivity index (χ1v) is 6.87. The van der Waals surface area contributed by atoms with E-state index in [0.29, 0.717) is 0 Å². The van der Waals surface area contributed by atoms with Crippen LogP contribution in [0.2, 0.25) is 5.02 Å². The number of hydrogen-bond donors (Lipinski definition) is 2. The van der Waals surface area contributed by atoms with Crippen LogP contribution in [0.5, 0.6) is 0 Å². The van der Waals surface area contributed by atoms with Crippen LogP contribution < -0.4 is 10.6 Å². The van der Waals surface area contributed by atoms with Gasteiger partial charge in [-0.3, -0.25) is 10.1 Å². The van der Waals surface area contributed by atoms with Crippen molar-refractivity contribution in [2.45, 2.75) is 38.3 Å². The van der Waals surface area contributed by atoms with E-state index in [4.69, 9.17) is 11.6 Å². The van der Waals surface area contributed by atoms with E-state index < -0.39 is 0 Å². The number of piperidine rings is 1. The number of amides is 1. The van der Waals surface area contributed by atoms with Crippen LogP contribution in [0.4, 0.5) is 0 Å². The van der Waals surface area contributed by atoms with Gasteiger partial charge in [0.2, 0.25) is 5.91 Å². The number of benzene rings is 1. The second-order valence-corrected chi connectivity index (χ2v) is 5.10. The predicted octanol–water partition coefficient (Wildman–Crippen LogP) is 2.66. The molecule has 98 valence electrons. The molecule has 0 bridgehead atoms. The van der Waals surface area contributed by atoms with Gasteiger partial charge in [0.25, 0.3) is 0 Å². The Bertz CT molecular complexity index is 405. The third kappa shape index (κ3) is 3.24. The molecule has 2 unspecified atom stereocenters. The van der Waals surface area contributed by atoms with Gasteiger partial charge in [-0.05, 0) is 37.0 Å². The monoisotopic (exact) mass is 266 g/mol. The molecule has 1 saturated heterocycles. The van der Waals surface area contributed by atoms with Crippen LogP contribution in [0.25, 0.3) is 0 Å². The lowest BCUT2D eigenvalue weighted by Crippen LogP contribution is -2.49. The Morgan fingerprint density at radius 2 is 2.17 bits per heavy atom. The van der Waals surface area contributed by atoms with E-state index in [-0.39, 0.29) is 18.0 Å². The van der Waals surface area contributed by atoms with Gasteiger partial charge < -0.3 is 5.32 Å². The van der Waals surface area contributed by atoms with Gasteiger partial charge >= 0.3 is 0 Å². The molecule has 18 heavy (non-hydrogen) atoms. The lowest BCUT2D eigenvalue weighted by molar-refractivity contribution is -0.124. The zero-order chi connectivity index (χ0) is 13.0. The molecule has 0 saturated carbocycles. The topological polar surface area (TPSA) is 41.1 Å². The molecule has 1 fully saturated rings. The normalized spacial score (nSPS) is 21.4. The first-order chi connectivity index (χ1) is 8.70. The lowest BCUT2D eigenvalue weighted by Gasteiger charge is -2.27. The van der Waals surface area contributed by atoms with Gasteiger partial charge in [0.05, 0.1) is 6.04 Å². The molecule has 2 rings (SSSR count). The fraction of sp³-hybridized carbons (Fsp3) is 0.500. The number of carbonyl (C=O) groups is 1. The first kappa shape index (κ1) is 13.4. The summed E-state index contributed by atoms with van der Waals surface area (Å²) in [5.74, 6) is 0.119. The van der Waals surface area contributed by atoms with E-state index >= 15 is 0 Å². The minimum Gasteiger partial charge on any atom is -0.355 e. The quantitative estimate of drug-likeness (QED) is 0.880. The largest absolute Gasteiger partial charge is 0.355 e. The highest BCUT2D eigenvalue weighted by molar-refractivity contribution is 6.30. The summed E-state index contributed by atoms with van der Waals surface area (Å²) in [5.41, 5.74) is 1.18. The third-order valence-electron chi connectivity index (χ3n) is 3.37. The maximum absolute atomic E-state index is 11.7. The van der Waals surface area contributed by atoms with Crippen molar-refractivity contribution in [2.24, 2.45) is 0 Å². The second kappa shape index (κ2) is 6.21. The smallest absolute Gasteiger partial charge is 0.237 e. The summed E-state index contributed by atoms with van der Waals surface area (Å²) in [5, 5.41) is 7.08. The van der Waals surface area contributed by atoms with Crippen molar-refractivity contribution in [3.8, 4) is 0 Å². The van der Waals surface area contributed by atoms with Gasteiger partial charge in [-0.15, -0.1) is 0 Å². The van der Waals surface area contributed by atoms with Crippen LogP contribution in [-0.4, -0.2) is 18.5 Å². The molecule has 2 atom stereocenters. The Morgan fingerprint density at radius 3 is 2.78 bits per heavy atom. The molecular weight excluding hydrogens is 248 g/mol. The third-order valence-corrected chi connectivity index (χ3v) is 3.62. The van der Waals surface area contributed by atoms with Gasteiger partial charge in [-0.2, -0.15) is 0 Å². The van der Waals surface area contributed by atoms with Crippen LogP contribution in [0, 0.1) is 0 Å². The van der Waals surface area contributed by atoms with E-state index in [1.165, 1.54) is 5.56 Å². The summed E-state index contributed by atoms with van der Waals surface area (Å²) < 4.78 is 0. The van der Waals surface area contributed by atoms with E-state index in [1.807, 2.05) is 24.3 Å². The second-order valence-electron chi connectivity index (χ2n) is 4.66. The SMILES string of the molecule is CCC(NC1CCCNC1=O)c1ccc(Cl)cc1. The van der Waals surface area contributed by atoms with E-state index in [0.717, 1.165) is 30.8 Å². The van der Waals surface area contributed by atoms with Crippen LogP contribution in [0.1, 0.15) is 37.8 Å². The number of nitrogens with one attached hydrogen (secondary N) is 2. The molecule has 4 heteroatoms. The van der Waals surface area contributed by atoms with Crippen molar-refractivity contribution in [1.82, 2.24) is 10.6 Å². The molecule has 2 N–H and O–H groups in total. The Labute approximate surface area is 113 Å². The maximum Gasteiger partial charge on any atom is 0.237 e. The maximum atomic E-state index is 11.7. The van der Waals surface area contributed by atoms with Crippen molar-refractivity contribution >= 4 is 17.5 Å². The van der Waals surface area contributed by atoms with Crippen LogP contribution in [0.15, 0.2) is 24.3 Å². The van der Waals surface area contributed by atoms with Crippen LogP contribution in [0.3, 0.4) is 0 Å². The average Bonchev–Trinajstić information content (AvgIpc) is 2.39. The number of carbonyl (C=O) groups excluding carboxylic acids is 1. The van der Waals surface area contributed by atoms with Crippen LogP contribution >= 0.6 is 11.6 Å². The zero-order valence-corrected chi connectivity index (χ0v) is 11.3. The molecule has 0 spiro atoms. The van der Waals surface area contributed by atoms with Crippen molar-refractivity contribution in [3.63, 3.8) is 0 Å². The Hall–Kier alpha value is -1.06. The summed E-state index contributed by atoms with van der Waals surface area (Å²) in [6.07, 6.45) is 2.90. The van der Waals surface area contributed by atoms with Crippen molar-refractivity contribution in [2.75, 3.05) is 6.54 Å². The molecule has 3 nitrogen and oxygen atoms in total. The van der Waals surface area contributed by atoms with Crippen LogP contribution in [-0.2, 0) is 4.79 Å². The lowest BCUT2D eigenvalue weighted by atomic mass is 10.0. The van der Waals surface area contributed by atoms with Crippen molar-refractivity contribution in [1.29, 1.82) is 0 Å². The average molecular weight is 267 g/mol. The minimum absolute atomic E-state index is 0.0700. The van der Waals surface area contributed by atoms with Gasteiger partial charge in [0.1, 0.15) is 0 Å². The summed E-state index contributed by atoms with van der Waals surface area (Å²) in [6, 6.07) is 7.95. The molecule has 0 aliphatic carbocycles. The molecule has 1 aliphatic rings. The first-order valence-electron chi connectivity index (χ1n) is 6.50. The minimum atomic E-state index is -0.0700. The fourth-order valence-electron chi connectivity index (χ4n) is 2.32. The summed E-state index contributed by atoms with van der Waals surface area (Å²) >= 11 is 5.89. The van der Waals surface area contributed by atoms with Gasteiger partial charge in [-0.25, -0.2) is 0 Å². The molecule has 0 aromatic heterocycles. The molecule has 1 heterocycles. The summed E-state index contributed by atoms with van der Waals surface area (Å²) in [4.78, 5) is 11.7. The van der Waals surface area contributed by atoms with Crippen molar-refractivity contribution in [3.05, 3.63) is 34.9 Å². The molecular formula is C14H19ClN2O. The zero-order valence-electron chi connectivity index (χ0n) is 10.6. The summed E-state index contributed by atoms with van der Waals surface area (Å²) in [6.45, 7) is 2.92. The Morgan fingerprint density at radius 1 is 1.44 bits per heavy atom. The van der Waals surface area contributed by atoms with E-state index in [2.05, 4.69) is 17.6 Å². The highest BCUT2D eigenvalue weighted by Gasteiger charge is 2.24. The van der Waals surface area contributed by atoms with Gasteiger partial charge in [0, 0.05) is 17.6 Å². The van der Waals surface area contributed by atoms with Crippen molar-refractivity contribution < 1.29 is 4.79 Å².